The molecule has 1 unspecified atom stereocenters. The summed E-state index contributed by atoms with van der Waals surface area (Å²) in [5.41, 5.74) is 0. The molecule has 1 aliphatic rings. The third-order valence-electron chi connectivity index (χ3n) is 4.83. The number of aromatic carboxylic acids is 1. The summed E-state index contributed by atoms with van der Waals surface area (Å²) < 4.78 is 36.5. The number of piperidine rings is 1. The Balaban J connectivity index is 1.93. The monoisotopic (exact) mass is 416 g/mol. The molecule has 1 atom stereocenters. The second-order valence-electron chi connectivity index (χ2n) is 6.91. The fraction of sp³-hybridized carbons (Fsp3) is 0.667. The molecular weight excluding hydrogens is 388 g/mol. The van der Waals surface area contributed by atoms with Crippen molar-refractivity contribution in [3.8, 4) is 0 Å². The number of carboxylic acids is 1. The normalized spacial score (nSPS) is 17.4. The molecule has 2 N–H and O–H groups in total. The van der Waals surface area contributed by atoms with E-state index in [-0.39, 0.29) is 31.0 Å². The van der Waals surface area contributed by atoms with E-state index in [1.165, 1.54) is 4.31 Å². The topological polar surface area (TPSA) is 126 Å². The Kier molecular flexibility index (Phi) is 8.02. The van der Waals surface area contributed by atoms with Gasteiger partial charge >= 0.3 is 5.97 Å². The van der Waals surface area contributed by atoms with Gasteiger partial charge in [0.25, 0.3) is 10.0 Å². The first-order valence-electron chi connectivity index (χ1n) is 9.42. The molecule has 0 radical (unpaired) electrons. The van der Waals surface area contributed by atoms with Crippen molar-refractivity contribution in [2.45, 2.75) is 50.2 Å². The first kappa shape index (κ1) is 22.4. The van der Waals surface area contributed by atoms with Gasteiger partial charge in [0.05, 0.1) is 12.6 Å². The molecule has 28 heavy (non-hydrogen) atoms. The van der Waals surface area contributed by atoms with Crippen LogP contribution in [-0.2, 0) is 19.6 Å². The molecule has 1 saturated heterocycles. The SMILES string of the molecule is CCCCC(COC)NC(=O)C1CCN(S(=O)(=O)c2ccc(C(=O)O)o2)CC1. The molecule has 0 aliphatic carbocycles. The molecule has 0 bridgehead atoms. The van der Waals surface area contributed by atoms with E-state index in [9.17, 15) is 18.0 Å². The van der Waals surface area contributed by atoms with Gasteiger partial charge in [-0.3, -0.25) is 4.79 Å². The average Bonchev–Trinajstić information content (AvgIpc) is 3.18. The average molecular weight is 416 g/mol. The van der Waals surface area contributed by atoms with E-state index in [2.05, 4.69) is 12.2 Å². The van der Waals surface area contributed by atoms with Gasteiger partial charge in [-0.25, -0.2) is 13.2 Å². The van der Waals surface area contributed by atoms with Crippen molar-refractivity contribution < 1.29 is 32.3 Å². The van der Waals surface area contributed by atoms with E-state index in [4.69, 9.17) is 14.3 Å². The molecule has 1 aliphatic heterocycles. The van der Waals surface area contributed by atoms with E-state index in [0.29, 0.717) is 19.4 Å². The first-order chi connectivity index (χ1) is 13.3. The zero-order valence-electron chi connectivity index (χ0n) is 16.2. The Hall–Kier alpha value is -1.91. The van der Waals surface area contributed by atoms with Gasteiger partial charge < -0.3 is 19.6 Å². The maximum atomic E-state index is 12.6. The second-order valence-corrected chi connectivity index (χ2v) is 8.77. The van der Waals surface area contributed by atoms with Crippen molar-refractivity contribution in [2.24, 2.45) is 5.92 Å². The number of nitrogens with zero attached hydrogens (tertiary/aromatic N) is 1. The number of methoxy groups -OCH3 is 1. The predicted octanol–water partition coefficient (Wildman–Crippen LogP) is 1.70. The molecule has 1 amide bonds. The predicted molar refractivity (Wildman–Crippen MR) is 100 cm³/mol. The summed E-state index contributed by atoms with van der Waals surface area (Å²) in [5, 5.41) is 11.5. The third-order valence-corrected chi connectivity index (χ3v) is 6.60. The minimum Gasteiger partial charge on any atom is -0.475 e. The van der Waals surface area contributed by atoms with Gasteiger partial charge in [0, 0.05) is 26.1 Å². The lowest BCUT2D eigenvalue weighted by Gasteiger charge is -2.30. The van der Waals surface area contributed by atoms with Gasteiger partial charge in [0.15, 0.2) is 0 Å². The van der Waals surface area contributed by atoms with Crippen LogP contribution in [0.1, 0.15) is 49.6 Å². The van der Waals surface area contributed by atoms with Crippen molar-refractivity contribution in [2.75, 3.05) is 26.8 Å². The Bertz CT molecular complexity index is 767. The molecule has 1 aromatic rings. The minimum absolute atomic E-state index is 0.0447. The number of unbranched alkanes of at least 4 members (excludes halogenated alkanes) is 1. The van der Waals surface area contributed by atoms with E-state index in [0.717, 1.165) is 31.4 Å². The highest BCUT2D eigenvalue weighted by Gasteiger charge is 2.34. The highest BCUT2D eigenvalue weighted by atomic mass is 32.2. The quantitative estimate of drug-likeness (QED) is 0.594. The van der Waals surface area contributed by atoms with Crippen molar-refractivity contribution in [1.29, 1.82) is 0 Å². The standard InChI is InChI=1S/C18H28N2O7S/c1-3-4-5-14(12-26-2)19-17(21)13-8-10-20(11-9-13)28(24,25)16-7-6-15(27-16)18(22)23/h6-7,13-14H,3-5,8-12H2,1-2H3,(H,19,21)(H,22,23). The molecule has 158 valence electrons. The number of carboxylic acid groups (broad SMARTS) is 1. The van der Waals surface area contributed by atoms with Crippen LogP contribution < -0.4 is 5.32 Å². The summed E-state index contributed by atoms with van der Waals surface area (Å²) in [6.07, 6.45) is 3.65. The summed E-state index contributed by atoms with van der Waals surface area (Å²) in [7, 11) is -2.32. The van der Waals surface area contributed by atoms with Crippen molar-refractivity contribution >= 4 is 21.9 Å². The zero-order valence-corrected chi connectivity index (χ0v) is 17.0. The van der Waals surface area contributed by atoms with Crippen molar-refractivity contribution in [3.05, 3.63) is 17.9 Å². The summed E-state index contributed by atoms with van der Waals surface area (Å²) >= 11 is 0. The molecule has 1 aromatic heterocycles. The molecule has 10 heteroatoms. The number of sulfonamides is 1. The minimum atomic E-state index is -3.92. The van der Waals surface area contributed by atoms with Crippen LogP contribution in [0.25, 0.3) is 0 Å². The molecule has 0 saturated carbocycles. The van der Waals surface area contributed by atoms with Crippen LogP contribution in [0.2, 0.25) is 0 Å². The fourth-order valence-corrected chi connectivity index (χ4v) is 4.61. The van der Waals surface area contributed by atoms with Gasteiger partial charge in [0.2, 0.25) is 16.8 Å². The lowest BCUT2D eigenvalue weighted by molar-refractivity contribution is -0.127. The molecule has 2 rings (SSSR count). The summed E-state index contributed by atoms with van der Waals surface area (Å²) in [4.78, 5) is 23.4. The van der Waals surface area contributed by atoms with Gasteiger partial charge in [-0.1, -0.05) is 19.8 Å². The maximum Gasteiger partial charge on any atom is 0.371 e. The molecule has 2 heterocycles. The largest absolute Gasteiger partial charge is 0.475 e. The van der Waals surface area contributed by atoms with E-state index >= 15 is 0 Å². The van der Waals surface area contributed by atoms with Gasteiger partial charge in [-0.2, -0.15) is 4.31 Å². The highest BCUT2D eigenvalue weighted by Crippen LogP contribution is 2.25. The number of rotatable bonds is 10. The van der Waals surface area contributed by atoms with Crippen LogP contribution >= 0.6 is 0 Å². The number of amides is 1. The number of hydrogen-bond donors (Lipinski definition) is 2. The van der Waals surface area contributed by atoms with Gasteiger partial charge in [-0.05, 0) is 31.4 Å². The number of carbonyl (C=O) groups excluding carboxylic acids is 1. The number of furan rings is 1. The van der Waals surface area contributed by atoms with E-state index in [1.54, 1.807) is 7.11 Å². The van der Waals surface area contributed by atoms with Crippen LogP contribution in [0, 0.1) is 5.92 Å². The molecule has 1 fully saturated rings. The van der Waals surface area contributed by atoms with Gasteiger partial charge in [0.1, 0.15) is 0 Å². The molecule has 9 nitrogen and oxygen atoms in total. The lowest BCUT2D eigenvalue weighted by atomic mass is 9.96. The molecule has 0 spiro atoms. The van der Waals surface area contributed by atoms with E-state index < -0.39 is 26.8 Å². The Morgan fingerprint density at radius 2 is 2.04 bits per heavy atom. The Morgan fingerprint density at radius 1 is 1.36 bits per heavy atom. The molecule has 0 aromatic carbocycles. The van der Waals surface area contributed by atoms with Crippen LogP contribution in [0.15, 0.2) is 21.6 Å². The lowest BCUT2D eigenvalue weighted by Crippen LogP contribution is -2.46. The smallest absolute Gasteiger partial charge is 0.371 e. The number of carbonyl (C=O) groups is 2. The first-order valence-corrected chi connectivity index (χ1v) is 10.9. The fourth-order valence-electron chi connectivity index (χ4n) is 3.23. The van der Waals surface area contributed by atoms with Crippen LogP contribution in [-0.4, -0.2) is 62.6 Å². The number of hydrogen-bond acceptors (Lipinski definition) is 6. The van der Waals surface area contributed by atoms with Crippen molar-refractivity contribution in [1.82, 2.24) is 9.62 Å². The Morgan fingerprint density at radius 3 is 2.57 bits per heavy atom. The third kappa shape index (κ3) is 5.55. The maximum absolute atomic E-state index is 12.6. The van der Waals surface area contributed by atoms with Gasteiger partial charge in [-0.15, -0.1) is 0 Å². The number of nitrogens with one attached hydrogen (secondary N) is 1. The van der Waals surface area contributed by atoms with Crippen LogP contribution in [0.4, 0.5) is 0 Å². The number of ether oxygens (including phenoxy) is 1. The summed E-state index contributed by atoms with van der Waals surface area (Å²) in [5.74, 6) is -2.10. The van der Waals surface area contributed by atoms with Crippen molar-refractivity contribution in [3.63, 3.8) is 0 Å². The Labute approximate surface area is 165 Å². The zero-order chi connectivity index (χ0) is 20.7. The van der Waals surface area contributed by atoms with E-state index in [1.807, 2.05) is 0 Å². The second kappa shape index (κ2) is 10.0. The summed E-state index contributed by atoms with van der Waals surface area (Å²) in [6, 6.07) is 2.21. The molecular formula is C18H28N2O7S. The summed E-state index contributed by atoms with van der Waals surface area (Å²) in [6.45, 7) is 2.88. The van der Waals surface area contributed by atoms with Crippen LogP contribution in [0.3, 0.4) is 0 Å². The van der Waals surface area contributed by atoms with Crippen LogP contribution in [0.5, 0.6) is 0 Å². The highest BCUT2D eigenvalue weighted by molar-refractivity contribution is 7.89.